The van der Waals surface area contributed by atoms with E-state index in [1.165, 1.54) is 101 Å². The van der Waals surface area contributed by atoms with Crippen LogP contribution in [-0.4, -0.2) is 245 Å². The van der Waals surface area contributed by atoms with Crippen LogP contribution in [0.5, 0.6) is 5.75 Å². The van der Waals surface area contributed by atoms with Crippen molar-refractivity contribution < 1.29 is 75.4 Å². The lowest BCUT2D eigenvalue weighted by molar-refractivity contribution is -0.275. The number of hydrogen-bond acceptors (Lipinski definition) is 13. The van der Waals surface area contributed by atoms with Crippen LogP contribution in [0.2, 0.25) is 0 Å². The van der Waals surface area contributed by atoms with Crippen molar-refractivity contribution in [2.75, 3.05) is 68.5 Å². The summed E-state index contributed by atoms with van der Waals surface area (Å²) in [6, 6.07) is 6.65. The Kier molecular flexibility index (Phi) is 30.1. The van der Waals surface area contributed by atoms with E-state index in [0.29, 0.717) is 43.5 Å². The number of likely N-dealkylation sites (tertiary alicyclic amines) is 1. The standard InChI is InChI=1S/C75H106F3IN12O13/c1-17-47(7)63-72(102)85(12)48(8)66(96)91-35-32-56(91)70(100)88(15)58(40-49-30-28-46(6)29-31-49)69(99)84(11)43-61(92)80-53(39-50-24-23-26-52(79)38-50)64(94)81-55(41-51-25-19-20-27-60(51)104-75(76,77)78)68(98)89(16)74(9,10)73(103)82-54(36-44(2)3)67(97)87(14)59(71(101)90-33-21-18-22-34-90)42-62(93)86(13)57(37-45(4)5)65(95)83-63/h19-20,23-31,38,44-45,47-48,53-59,63H,17-18,21-22,32-37,39-43H2,1-16H3,(H,80,92)(H,81,94)(H,82,103)(H,83,95)/t47-,48-,53-,54-,55-,56-,57-,58-,59-,63-/m0/s1. The van der Waals surface area contributed by atoms with Gasteiger partial charge in [0.1, 0.15) is 65.7 Å². The third-order valence-corrected chi connectivity index (χ3v) is 21.0. The number of aryl methyl sites for hydroxylation is 1. The molecule has 3 saturated heterocycles. The smallest absolute Gasteiger partial charge is 0.406 e. The van der Waals surface area contributed by atoms with E-state index in [9.17, 15) is 41.9 Å². The van der Waals surface area contributed by atoms with Crippen molar-refractivity contribution in [3.05, 3.63) is 98.6 Å². The highest BCUT2D eigenvalue weighted by molar-refractivity contribution is 14.1. The molecule has 0 unspecified atom stereocenters. The van der Waals surface area contributed by atoms with Gasteiger partial charge in [0.05, 0.1) is 13.0 Å². The molecule has 29 heteroatoms. The summed E-state index contributed by atoms with van der Waals surface area (Å²) in [5, 5.41) is 11.1. The molecule has 3 aromatic rings. The number of carbonyl (C=O) groups is 12. The summed E-state index contributed by atoms with van der Waals surface area (Å²) in [5.74, 6) is -11.0. The average Bonchev–Trinajstić information content (AvgIpc) is 0.777. The average molecular weight is 1570 g/mol. The minimum atomic E-state index is -5.21. The molecule has 0 bridgehead atoms. The van der Waals surface area contributed by atoms with Crippen LogP contribution in [0.15, 0.2) is 72.8 Å². The fourth-order valence-corrected chi connectivity index (χ4v) is 13.6. The van der Waals surface area contributed by atoms with Crippen molar-refractivity contribution in [3.63, 3.8) is 0 Å². The molecule has 3 fully saturated rings. The molecule has 3 heterocycles. The Bertz CT molecular complexity index is 3590. The molecular weight excluding hydrogens is 1460 g/mol. The highest BCUT2D eigenvalue weighted by Gasteiger charge is 2.48. The van der Waals surface area contributed by atoms with E-state index in [-0.39, 0.29) is 56.0 Å². The van der Waals surface area contributed by atoms with Crippen LogP contribution >= 0.6 is 22.6 Å². The number of nitrogens with one attached hydrogen (secondary N) is 4. The zero-order valence-electron chi connectivity index (χ0n) is 62.9. The number of rotatable bonds is 14. The molecule has 104 heavy (non-hydrogen) atoms. The molecule has 572 valence electrons. The Hall–Kier alpha value is -8.38. The van der Waals surface area contributed by atoms with Gasteiger partial charge in [-0.3, -0.25) is 57.5 Å². The first kappa shape index (κ1) is 84.6. The number of alkyl halides is 3. The van der Waals surface area contributed by atoms with E-state index >= 15 is 28.8 Å². The Labute approximate surface area is 622 Å². The molecule has 3 aliphatic rings. The first-order valence-corrected chi connectivity index (χ1v) is 36.8. The second-order valence-corrected chi connectivity index (χ2v) is 30.6. The first-order valence-electron chi connectivity index (χ1n) is 35.7. The molecule has 6 rings (SSSR count). The summed E-state index contributed by atoms with van der Waals surface area (Å²) in [7, 11) is 8.11. The van der Waals surface area contributed by atoms with Crippen molar-refractivity contribution in [1.82, 2.24) is 60.5 Å². The van der Waals surface area contributed by atoms with Gasteiger partial charge >= 0.3 is 6.36 Å². The molecule has 25 nitrogen and oxygen atoms in total. The van der Waals surface area contributed by atoms with Crippen molar-refractivity contribution in [1.29, 1.82) is 0 Å². The number of halogens is 4. The lowest BCUT2D eigenvalue weighted by atomic mass is 9.94. The van der Waals surface area contributed by atoms with Gasteiger partial charge in [-0.15, -0.1) is 13.2 Å². The molecule has 0 radical (unpaired) electrons. The van der Waals surface area contributed by atoms with Crippen LogP contribution in [0.3, 0.4) is 0 Å². The molecule has 0 spiro atoms. The highest BCUT2D eigenvalue weighted by Crippen LogP contribution is 2.30. The van der Waals surface area contributed by atoms with Gasteiger partial charge in [0.15, 0.2) is 0 Å². The number of benzene rings is 3. The monoisotopic (exact) mass is 1570 g/mol. The molecule has 0 aliphatic carbocycles. The van der Waals surface area contributed by atoms with Gasteiger partial charge in [-0.25, -0.2) is 0 Å². The number of para-hydroxylation sites is 1. The topological polar surface area (TPSA) is 288 Å². The number of hydrogen-bond donors (Lipinski definition) is 4. The number of fused-ring (bicyclic) bond motifs is 1. The van der Waals surface area contributed by atoms with Gasteiger partial charge in [0.2, 0.25) is 70.9 Å². The van der Waals surface area contributed by atoms with E-state index in [4.69, 9.17) is 0 Å². The molecule has 12 amide bonds. The quantitative estimate of drug-likeness (QED) is 0.142. The summed E-state index contributed by atoms with van der Waals surface area (Å²) in [5.41, 5.74) is -0.110. The fraction of sp³-hybridized carbons (Fsp3) is 0.600. The second kappa shape index (κ2) is 37.0. The summed E-state index contributed by atoms with van der Waals surface area (Å²) < 4.78 is 47.4. The van der Waals surface area contributed by atoms with E-state index in [0.717, 1.165) is 36.3 Å². The van der Waals surface area contributed by atoms with E-state index < -0.39 is 168 Å². The molecule has 10 atom stereocenters. The Morgan fingerprint density at radius 1 is 0.625 bits per heavy atom. The maximum absolute atomic E-state index is 15.4. The van der Waals surface area contributed by atoms with Crippen molar-refractivity contribution in [2.24, 2.45) is 17.8 Å². The fourth-order valence-electron chi connectivity index (χ4n) is 13.0. The molecule has 0 saturated carbocycles. The molecule has 4 N–H and O–H groups in total. The zero-order valence-corrected chi connectivity index (χ0v) is 65.0. The SMILES string of the molecule is CC[C@H](C)[C@@H]1NC(=O)[C@H](CC(C)C)N(C)C(=O)C[C@@H](C(=O)N2CCCCC2)N(C)C(=O)[C@H](CC(C)C)NC(=O)C(C)(C)N(C)C(=O)[C@H](Cc2ccccc2OC(F)(F)F)NC(=O)[C@H](Cc2cccc(I)c2)NC(=O)CN(C)C(=O)[C@H](Cc2ccc(C)cc2)N(C)C(=O)[C@@H]2CCN2C(=O)[C@H](C)N(C)C1=O. The van der Waals surface area contributed by atoms with E-state index in [1.54, 1.807) is 62.1 Å². The van der Waals surface area contributed by atoms with Crippen LogP contribution in [0.4, 0.5) is 13.2 Å². The number of ether oxygens (including phenoxy) is 1. The normalized spacial score (nSPS) is 24.8. The maximum Gasteiger partial charge on any atom is 0.573 e. The minimum absolute atomic E-state index is 0.0360. The number of nitrogens with zero attached hydrogens (tertiary/aromatic N) is 8. The van der Waals surface area contributed by atoms with Gasteiger partial charge in [-0.1, -0.05) is 108 Å². The number of likely N-dealkylation sites (N-methyl/N-ethyl adjacent to an activating group) is 6. The molecule has 3 aliphatic heterocycles. The van der Waals surface area contributed by atoms with E-state index in [2.05, 4.69) is 48.6 Å². The summed E-state index contributed by atoms with van der Waals surface area (Å²) in [4.78, 5) is 190. The summed E-state index contributed by atoms with van der Waals surface area (Å²) >= 11 is 2.06. The summed E-state index contributed by atoms with van der Waals surface area (Å²) in [6.07, 6.45) is -4.10. The van der Waals surface area contributed by atoms with Gasteiger partial charge in [0, 0.05) is 84.8 Å². The van der Waals surface area contributed by atoms with Crippen LogP contribution in [0.1, 0.15) is 136 Å². The van der Waals surface area contributed by atoms with Crippen LogP contribution < -0.4 is 26.0 Å². The minimum Gasteiger partial charge on any atom is -0.406 e. The van der Waals surface area contributed by atoms with E-state index in [1.807, 2.05) is 39.8 Å². The van der Waals surface area contributed by atoms with Crippen LogP contribution in [0.25, 0.3) is 0 Å². The van der Waals surface area contributed by atoms with Crippen molar-refractivity contribution >= 4 is 93.5 Å². The largest absolute Gasteiger partial charge is 0.573 e. The van der Waals surface area contributed by atoms with Crippen molar-refractivity contribution in [3.8, 4) is 5.75 Å². The number of carbonyl (C=O) groups excluding carboxylic acids is 12. The van der Waals surface area contributed by atoms with Gasteiger partial charge < -0.3 is 65.2 Å². The van der Waals surface area contributed by atoms with Crippen LogP contribution in [-0.2, 0) is 76.8 Å². The number of piperidine rings is 1. The third-order valence-electron chi connectivity index (χ3n) is 20.3. The summed E-state index contributed by atoms with van der Waals surface area (Å²) in [6.45, 7) is 16.9. The van der Waals surface area contributed by atoms with Gasteiger partial charge in [-0.2, -0.15) is 0 Å². The zero-order chi connectivity index (χ0) is 77.6. The lowest BCUT2D eigenvalue weighted by Gasteiger charge is -2.45. The number of amides is 12. The van der Waals surface area contributed by atoms with Gasteiger partial charge in [0.25, 0.3) is 0 Å². The van der Waals surface area contributed by atoms with Crippen molar-refractivity contribution in [2.45, 2.75) is 206 Å². The highest BCUT2D eigenvalue weighted by atomic mass is 127. The predicted molar refractivity (Wildman–Crippen MR) is 392 cm³/mol. The molecule has 3 aromatic carbocycles. The Balaban J connectivity index is 1.49. The first-order chi connectivity index (χ1) is 48.7. The van der Waals surface area contributed by atoms with Gasteiger partial charge in [-0.05, 0) is 141 Å². The Morgan fingerprint density at radius 3 is 1.85 bits per heavy atom. The Morgan fingerprint density at radius 2 is 1.26 bits per heavy atom. The third kappa shape index (κ3) is 22.1. The second-order valence-electron chi connectivity index (χ2n) is 29.4. The predicted octanol–water partition coefficient (Wildman–Crippen LogP) is 5.64. The lowest BCUT2D eigenvalue weighted by Crippen LogP contribution is -2.65. The molecule has 0 aromatic heterocycles. The maximum atomic E-state index is 15.4. The van der Waals surface area contributed by atoms with Crippen LogP contribution in [0, 0.1) is 28.2 Å². The molecular formula is C75H106F3IN12O13.